The van der Waals surface area contributed by atoms with Crippen molar-refractivity contribution in [3.05, 3.63) is 35.8 Å². The summed E-state index contributed by atoms with van der Waals surface area (Å²) in [6.45, 7) is 8.57. The zero-order valence-corrected chi connectivity index (χ0v) is 17.2. The first kappa shape index (κ1) is 17.7. The molecule has 2 aliphatic carbocycles. The summed E-state index contributed by atoms with van der Waals surface area (Å²) in [4.78, 5) is 7.92. The Morgan fingerprint density at radius 1 is 1.04 bits per heavy atom. The normalized spacial score (nSPS) is 34.8. The fourth-order valence-corrected chi connectivity index (χ4v) is 6.79. The Morgan fingerprint density at radius 2 is 1.78 bits per heavy atom. The molecule has 3 heteroatoms. The van der Waals surface area contributed by atoms with E-state index in [0.29, 0.717) is 0 Å². The van der Waals surface area contributed by atoms with Crippen LogP contribution in [0.5, 0.6) is 0 Å². The van der Waals surface area contributed by atoms with Gasteiger partial charge in [0.05, 0.1) is 11.4 Å². The van der Waals surface area contributed by atoms with Gasteiger partial charge in [0.2, 0.25) is 0 Å². The SMILES string of the molecule is CC1CC2CC(C1)CC(C)(c1nc3ccccn3c1CN1CCCCC1)C2. The van der Waals surface area contributed by atoms with Gasteiger partial charge in [-0.1, -0.05) is 26.3 Å². The molecule has 1 saturated heterocycles. The van der Waals surface area contributed by atoms with Gasteiger partial charge < -0.3 is 4.40 Å². The fourth-order valence-electron chi connectivity index (χ4n) is 6.79. The molecular formula is C24H35N3. The van der Waals surface area contributed by atoms with E-state index in [1.807, 2.05) is 0 Å². The zero-order chi connectivity index (χ0) is 18.4. The number of hydrogen-bond acceptors (Lipinski definition) is 2. The number of fused-ring (bicyclic) bond motifs is 3. The number of nitrogens with zero attached hydrogens (tertiary/aromatic N) is 3. The Labute approximate surface area is 164 Å². The summed E-state index contributed by atoms with van der Waals surface area (Å²) >= 11 is 0. The molecule has 2 saturated carbocycles. The van der Waals surface area contributed by atoms with E-state index in [0.717, 1.165) is 29.9 Å². The van der Waals surface area contributed by atoms with Gasteiger partial charge in [0, 0.05) is 18.2 Å². The van der Waals surface area contributed by atoms with Crippen LogP contribution in [0.4, 0.5) is 0 Å². The number of imidazole rings is 1. The first-order chi connectivity index (χ1) is 13.1. The van der Waals surface area contributed by atoms with Gasteiger partial charge in [-0.2, -0.15) is 0 Å². The van der Waals surface area contributed by atoms with Gasteiger partial charge in [0.15, 0.2) is 0 Å². The minimum atomic E-state index is 0.255. The van der Waals surface area contributed by atoms with Gasteiger partial charge in [-0.3, -0.25) is 4.90 Å². The zero-order valence-electron chi connectivity index (χ0n) is 17.2. The molecular weight excluding hydrogens is 330 g/mol. The number of pyridine rings is 1. The molecule has 2 bridgehead atoms. The lowest BCUT2D eigenvalue weighted by atomic mass is 9.58. The van der Waals surface area contributed by atoms with E-state index in [1.165, 1.54) is 75.8 Å². The van der Waals surface area contributed by atoms with Crippen LogP contribution < -0.4 is 0 Å². The van der Waals surface area contributed by atoms with E-state index in [1.54, 1.807) is 0 Å². The molecule has 0 amide bonds. The van der Waals surface area contributed by atoms with E-state index >= 15 is 0 Å². The highest BCUT2D eigenvalue weighted by Crippen LogP contribution is 2.51. The molecule has 3 nitrogen and oxygen atoms in total. The van der Waals surface area contributed by atoms with Gasteiger partial charge >= 0.3 is 0 Å². The standard InChI is InChI=1S/C24H35N3/c1-18-12-19-14-20(13-18)16-24(2,15-19)23-21(17-26-9-5-3-6-10-26)27-11-7-4-8-22(27)25-23/h4,7-8,11,18-20H,3,5-6,9-10,12-17H2,1-2H3. The van der Waals surface area contributed by atoms with Gasteiger partial charge in [-0.15, -0.1) is 0 Å². The third-order valence-corrected chi connectivity index (χ3v) is 7.64. The summed E-state index contributed by atoms with van der Waals surface area (Å²) in [6.07, 6.45) is 13.3. The molecule has 5 rings (SSSR count). The summed E-state index contributed by atoms with van der Waals surface area (Å²) < 4.78 is 2.39. The number of piperidine rings is 1. The van der Waals surface area contributed by atoms with Crippen LogP contribution in [0, 0.1) is 17.8 Å². The lowest BCUT2D eigenvalue weighted by Crippen LogP contribution is -2.40. The summed E-state index contributed by atoms with van der Waals surface area (Å²) in [6, 6.07) is 6.49. The Hall–Kier alpha value is -1.35. The molecule has 3 fully saturated rings. The highest BCUT2D eigenvalue weighted by Gasteiger charge is 2.44. The largest absolute Gasteiger partial charge is 0.302 e. The highest BCUT2D eigenvalue weighted by molar-refractivity contribution is 5.45. The van der Waals surface area contributed by atoms with E-state index in [9.17, 15) is 0 Å². The average molecular weight is 366 g/mol. The molecule has 27 heavy (non-hydrogen) atoms. The molecule has 2 unspecified atom stereocenters. The number of aromatic nitrogens is 2. The lowest BCUT2D eigenvalue weighted by molar-refractivity contribution is 0.0870. The third kappa shape index (κ3) is 3.33. The van der Waals surface area contributed by atoms with Gasteiger partial charge in [0.1, 0.15) is 5.65 Å². The molecule has 0 radical (unpaired) electrons. The van der Waals surface area contributed by atoms with Crippen molar-refractivity contribution in [2.24, 2.45) is 17.8 Å². The third-order valence-electron chi connectivity index (χ3n) is 7.64. The van der Waals surface area contributed by atoms with Gasteiger partial charge in [0.25, 0.3) is 0 Å². The first-order valence-electron chi connectivity index (χ1n) is 11.3. The Bertz CT molecular complexity index is 783. The lowest BCUT2D eigenvalue weighted by Gasteiger charge is -2.47. The van der Waals surface area contributed by atoms with Gasteiger partial charge in [-0.05, 0) is 87.9 Å². The van der Waals surface area contributed by atoms with E-state index < -0.39 is 0 Å². The first-order valence-corrected chi connectivity index (χ1v) is 11.3. The molecule has 2 atom stereocenters. The number of rotatable bonds is 3. The maximum Gasteiger partial charge on any atom is 0.137 e. The number of hydrogen-bond donors (Lipinski definition) is 0. The van der Waals surface area contributed by atoms with Crippen LogP contribution in [0.2, 0.25) is 0 Å². The van der Waals surface area contributed by atoms with Crippen LogP contribution in [0.25, 0.3) is 5.65 Å². The van der Waals surface area contributed by atoms with E-state index in [4.69, 9.17) is 4.98 Å². The van der Waals surface area contributed by atoms with Crippen molar-refractivity contribution < 1.29 is 0 Å². The van der Waals surface area contributed by atoms with Crippen LogP contribution >= 0.6 is 0 Å². The second kappa shape index (κ2) is 6.92. The van der Waals surface area contributed by atoms with Crippen molar-refractivity contribution >= 4 is 5.65 Å². The quantitative estimate of drug-likeness (QED) is 0.723. The van der Waals surface area contributed by atoms with Crippen LogP contribution in [0.1, 0.15) is 76.6 Å². The van der Waals surface area contributed by atoms with E-state index in [-0.39, 0.29) is 5.41 Å². The molecule has 3 heterocycles. The summed E-state index contributed by atoms with van der Waals surface area (Å²) in [5, 5.41) is 0. The molecule has 1 aliphatic heterocycles. The van der Waals surface area contributed by atoms with Crippen LogP contribution in [-0.4, -0.2) is 27.4 Å². The predicted octanol–water partition coefficient (Wildman–Crippen LogP) is 5.42. The smallest absolute Gasteiger partial charge is 0.137 e. The van der Waals surface area contributed by atoms with Gasteiger partial charge in [-0.25, -0.2) is 4.98 Å². The predicted molar refractivity (Wildman–Crippen MR) is 111 cm³/mol. The minimum absolute atomic E-state index is 0.255. The summed E-state index contributed by atoms with van der Waals surface area (Å²) in [5.74, 6) is 2.74. The second-order valence-electron chi connectivity index (χ2n) is 10.2. The van der Waals surface area contributed by atoms with Crippen LogP contribution in [-0.2, 0) is 12.0 Å². The Balaban J connectivity index is 1.53. The fraction of sp³-hybridized carbons (Fsp3) is 0.708. The minimum Gasteiger partial charge on any atom is -0.302 e. The molecule has 0 spiro atoms. The maximum atomic E-state index is 5.26. The van der Waals surface area contributed by atoms with Crippen LogP contribution in [0.3, 0.4) is 0 Å². The number of likely N-dealkylation sites (tertiary alicyclic amines) is 1. The monoisotopic (exact) mass is 365 g/mol. The van der Waals surface area contributed by atoms with E-state index in [2.05, 4.69) is 47.5 Å². The molecule has 146 valence electrons. The maximum absolute atomic E-state index is 5.26. The highest BCUT2D eigenvalue weighted by atomic mass is 15.2. The molecule has 2 aromatic rings. The Morgan fingerprint density at radius 3 is 2.52 bits per heavy atom. The van der Waals surface area contributed by atoms with Crippen molar-refractivity contribution in [1.29, 1.82) is 0 Å². The van der Waals surface area contributed by atoms with Crippen molar-refractivity contribution in [2.45, 2.75) is 77.2 Å². The molecule has 0 aromatic carbocycles. The second-order valence-corrected chi connectivity index (χ2v) is 10.2. The van der Waals surface area contributed by atoms with Crippen molar-refractivity contribution in [3.8, 4) is 0 Å². The summed E-state index contributed by atoms with van der Waals surface area (Å²) in [7, 11) is 0. The molecule has 0 N–H and O–H groups in total. The molecule has 3 aliphatic rings. The van der Waals surface area contributed by atoms with Crippen LogP contribution in [0.15, 0.2) is 24.4 Å². The van der Waals surface area contributed by atoms with Crippen molar-refractivity contribution in [1.82, 2.24) is 14.3 Å². The Kier molecular flexibility index (Phi) is 4.54. The summed E-state index contributed by atoms with van der Waals surface area (Å²) in [5.41, 5.74) is 4.29. The average Bonchev–Trinajstić information content (AvgIpc) is 3.01. The topological polar surface area (TPSA) is 20.5 Å². The van der Waals surface area contributed by atoms with Crippen molar-refractivity contribution in [3.63, 3.8) is 0 Å². The van der Waals surface area contributed by atoms with Crippen molar-refractivity contribution in [2.75, 3.05) is 13.1 Å². The molecule has 2 aromatic heterocycles.